The zero-order chi connectivity index (χ0) is 10.0. The molecule has 72 valence electrons. The van der Waals surface area contributed by atoms with E-state index < -0.39 is 0 Å². The molecular weight excluding hydrogens is 158 g/mol. The second kappa shape index (κ2) is 3.91. The number of nitrogens with zero attached hydrogens (tertiary/aromatic N) is 1. The highest BCUT2D eigenvalue weighted by Crippen LogP contribution is 2.15. The van der Waals surface area contributed by atoms with Crippen LogP contribution in [0.4, 0.5) is 0 Å². The van der Waals surface area contributed by atoms with E-state index in [2.05, 4.69) is 45.7 Å². The summed E-state index contributed by atoms with van der Waals surface area (Å²) in [5.74, 6) is 0.711. The molecule has 13 heavy (non-hydrogen) atoms. The van der Waals surface area contributed by atoms with Crippen LogP contribution < -0.4 is 0 Å². The van der Waals surface area contributed by atoms with Gasteiger partial charge in [0.2, 0.25) is 0 Å². The van der Waals surface area contributed by atoms with Gasteiger partial charge >= 0.3 is 0 Å². The molecule has 0 aliphatic carbocycles. The van der Waals surface area contributed by atoms with Crippen LogP contribution in [0.25, 0.3) is 0 Å². The van der Waals surface area contributed by atoms with E-state index in [1.165, 1.54) is 16.8 Å². The fourth-order valence-electron chi connectivity index (χ4n) is 1.53. The summed E-state index contributed by atoms with van der Waals surface area (Å²) >= 11 is 0. The fraction of sp³-hybridized carbons (Fsp3) is 0.583. The number of hydrogen-bond acceptors (Lipinski definition) is 1. The minimum atomic E-state index is 0.711. The van der Waals surface area contributed by atoms with Gasteiger partial charge in [-0.25, -0.2) is 0 Å². The molecule has 0 unspecified atom stereocenters. The van der Waals surface area contributed by atoms with Crippen molar-refractivity contribution in [3.63, 3.8) is 0 Å². The van der Waals surface area contributed by atoms with Gasteiger partial charge in [-0.1, -0.05) is 19.9 Å². The summed E-state index contributed by atoms with van der Waals surface area (Å²) in [5.41, 5.74) is 5.06. The standard InChI is InChI=1S/C12H19N/c1-8(2)6-12-7-9(3)10(4)13-11(12)5/h7-8H,6H2,1-5H3. The normalized spacial score (nSPS) is 10.9. The Balaban J connectivity index is 3.01. The Morgan fingerprint density at radius 1 is 1.15 bits per heavy atom. The maximum Gasteiger partial charge on any atom is 0.0408 e. The van der Waals surface area contributed by atoms with Crippen molar-refractivity contribution in [2.75, 3.05) is 0 Å². The van der Waals surface area contributed by atoms with Crippen molar-refractivity contribution in [1.29, 1.82) is 0 Å². The van der Waals surface area contributed by atoms with E-state index in [-0.39, 0.29) is 0 Å². The van der Waals surface area contributed by atoms with E-state index in [4.69, 9.17) is 0 Å². The second-order valence-corrected chi connectivity index (χ2v) is 4.23. The molecule has 1 rings (SSSR count). The van der Waals surface area contributed by atoms with Crippen LogP contribution in [0, 0.1) is 26.7 Å². The number of aryl methyl sites for hydroxylation is 3. The Kier molecular flexibility index (Phi) is 3.07. The Hall–Kier alpha value is -0.850. The predicted molar refractivity (Wildman–Crippen MR) is 57.0 cm³/mol. The molecule has 1 nitrogen and oxygen atoms in total. The molecule has 1 aromatic rings. The van der Waals surface area contributed by atoms with Gasteiger partial charge in [-0.2, -0.15) is 0 Å². The van der Waals surface area contributed by atoms with Crippen LogP contribution >= 0.6 is 0 Å². The number of pyridine rings is 1. The van der Waals surface area contributed by atoms with Gasteiger partial charge in [0.25, 0.3) is 0 Å². The molecule has 0 N–H and O–H groups in total. The fourth-order valence-corrected chi connectivity index (χ4v) is 1.53. The Morgan fingerprint density at radius 2 is 1.77 bits per heavy atom. The molecule has 0 radical (unpaired) electrons. The number of aromatic nitrogens is 1. The summed E-state index contributed by atoms with van der Waals surface area (Å²) in [6.07, 6.45) is 1.14. The smallest absolute Gasteiger partial charge is 0.0408 e. The van der Waals surface area contributed by atoms with Crippen LogP contribution in [-0.2, 0) is 6.42 Å². The molecule has 0 aliphatic heterocycles. The molecule has 0 saturated carbocycles. The second-order valence-electron chi connectivity index (χ2n) is 4.23. The summed E-state index contributed by atoms with van der Waals surface area (Å²) in [6.45, 7) is 10.8. The zero-order valence-corrected chi connectivity index (χ0v) is 9.31. The van der Waals surface area contributed by atoms with E-state index in [9.17, 15) is 0 Å². The monoisotopic (exact) mass is 177 g/mol. The third kappa shape index (κ3) is 2.55. The highest BCUT2D eigenvalue weighted by atomic mass is 14.7. The maximum absolute atomic E-state index is 4.53. The minimum absolute atomic E-state index is 0.711. The Bertz CT molecular complexity index is 300. The van der Waals surface area contributed by atoms with Crippen LogP contribution in [0.2, 0.25) is 0 Å². The molecule has 1 heterocycles. The molecule has 0 spiro atoms. The summed E-state index contributed by atoms with van der Waals surface area (Å²) < 4.78 is 0. The van der Waals surface area contributed by atoms with E-state index in [1.54, 1.807) is 0 Å². The quantitative estimate of drug-likeness (QED) is 0.676. The average Bonchev–Trinajstić information content (AvgIpc) is 1.99. The van der Waals surface area contributed by atoms with Crippen molar-refractivity contribution >= 4 is 0 Å². The van der Waals surface area contributed by atoms with E-state index >= 15 is 0 Å². The molecule has 1 aromatic heterocycles. The van der Waals surface area contributed by atoms with Crippen molar-refractivity contribution in [2.24, 2.45) is 5.92 Å². The van der Waals surface area contributed by atoms with Crippen LogP contribution in [-0.4, -0.2) is 4.98 Å². The maximum atomic E-state index is 4.53. The lowest BCUT2D eigenvalue weighted by Crippen LogP contribution is -2.01. The average molecular weight is 177 g/mol. The van der Waals surface area contributed by atoms with Gasteiger partial charge in [0, 0.05) is 11.4 Å². The van der Waals surface area contributed by atoms with Gasteiger partial charge < -0.3 is 0 Å². The molecule has 0 aliphatic rings. The third-order valence-electron chi connectivity index (χ3n) is 2.39. The molecule has 0 atom stereocenters. The highest BCUT2D eigenvalue weighted by molar-refractivity contribution is 5.28. The lowest BCUT2D eigenvalue weighted by molar-refractivity contribution is 0.641. The summed E-state index contributed by atoms with van der Waals surface area (Å²) in [5, 5.41) is 0. The zero-order valence-electron chi connectivity index (χ0n) is 9.31. The summed E-state index contributed by atoms with van der Waals surface area (Å²) in [4.78, 5) is 4.53. The SMILES string of the molecule is Cc1cc(CC(C)C)c(C)nc1C. The molecular formula is C12H19N. The first-order chi connectivity index (χ1) is 6.00. The van der Waals surface area contributed by atoms with Gasteiger partial charge in [0.15, 0.2) is 0 Å². The van der Waals surface area contributed by atoms with Gasteiger partial charge in [-0.3, -0.25) is 4.98 Å². The lowest BCUT2D eigenvalue weighted by Gasteiger charge is -2.10. The summed E-state index contributed by atoms with van der Waals surface area (Å²) in [7, 11) is 0. The molecule has 1 heteroatoms. The lowest BCUT2D eigenvalue weighted by atomic mass is 10.00. The van der Waals surface area contributed by atoms with Crippen molar-refractivity contribution in [1.82, 2.24) is 4.98 Å². The Morgan fingerprint density at radius 3 is 2.31 bits per heavy atom. The molecule has 0 saturated heterocycles. The number of rotatable bonds is 2. The third-order valence-corrected chi connectivity index (χ3v) is 2.39. The van der Waals surface area contributed by atoms with Crippen LogP contribution in [0.5, 0.6) is 0 Å². The number of hydrogen-bond donors (Lipinski definition) is 0. The Labute approximate surface area is 81.2 Å². The van der Waals surface area contributed by atoms with Crippen molar-refractivity contribution < 1.29 is 0 Å². The molecule has 0 amide bonds. The van der Waals surface area contributed by atoms with E-state index in [0.717, 1.165) is 12.1 Å². The van der Waals surface area contributed by atoms with Gasteiger partial charge in [-0.15, -0.1) is 0 Å². The first kappa shape index (κ1) is 10.2. The van der Waals surface area contributed by atoms with Gasteiger partial charge in [0.05, 0.1) is 0 Å². The highest BCUT2D eigenvalue weighted by Gasteiger charge is 2.04. The van der Waals surface area contributed by atoms with Crippen molar-refractivity contribution in [2.45, 2.75) is 41.0 Å². The first-order valence-corrected chi connectivity index (χ1v) is 4.94. The van der Waals surface area contributed by atoms with Crippen LogP contribution in [0.3, 0.4) is 0 Å². The van der Waals surface area contributed by atoms with Crippen LogP contribution in [0.15, 0.2) is 6.07 Å². The van der Waals surface area contributed by atoms with Crippen molar-refractivity contribution in [3.8, 4) is 0 Å². The summed E-state index contributed by atoms with van der Waals surface area (Å²) in [6, 6.07) is 2.28. The predicted octanol–water partition coefficient (Wildman–Crippen LogP) is 3.21. The topological polar surface area (TPSA) is 12.9 Å². The van der Waals surface area contributed by atoms with Gasteiger partial charge in [0.1, 0.15) is 0 Å². The van der Waals surface area contributed by atoms with Crippen molar-refractivity contribution in [3.05, 3.63) is 28.6 Å². The molecule has 0 fully saturated rings. The first-order valence-electron chi connectivity index (χ1n) is 4.94. The van der Waals surface area contributed by atoms with Crippen LogP contribution in [0.1, 0.15) is 36.4 Å². The van der Waals surface area contributed by atoms with Gasteiger partial charge in [-0.05, 0) is 44.2 Å². The van der Waals surface area contributed by atoms with E-state index in [0.29, 0.717) is 5.92 Å². The molecule has 0 aromatic carbocycles. The molecule has 0 bridgehead atoms. The minimum Gasteiger partial charge on any atom is -0.258 e. The van der Waals surface area contributed by atoms with E-state index in [1.807, 2.05) is 0 Å². The largest absolute Gasteiger partial charge is 0.258 e.